The molecule has 0 radical (unpaired) electrons. The van der Waals surface area contributed by atoms with Crippen LogP contribution in [0, 0.1) is 12.8 Å². The number of aryl methyl sites for hydroxylation is 1. The van der Waals surface area contributed by atoms with Gasteiger partial charge in [0.25, 0.3) is 11.7 Å². The summed E-state index contributed by atoms with van der Waals surface area (Å²) >= 11 is 11.9. The summed E-state index contributed by atoms with van der Waals surface area (Å²) in [4.78, 5) is 27.4. The van der Waals surface area contributed by atoms with Crippen LogP contribution in [-0.4, -0.2) is 48.5 Å². The molecule has 0 saturated carbocycles. The molecule has 4 heterocycles. The van der Waals surface area contributed by atoms with Gasteiger partial charge < -0.3 is 4.90 Å². The Bertz CT molecular complexity index is 1020. The number of hydrogen-bond acceptors (Lipinski definition) is 5. The number of amides is 1. The van der Waals surface area contributed by atoms with E-state index in [4.69, 9.17) is 23.2 Å². The molecular formula is C18H18Cl2N6O. The van der Waals surface area contributed by atoms with Crippen LogP contribution in [0.2, 0.25) is 10.2 Å². The molecule has 27 heavy (non-hydrogen) atoms. The van der Waals surface area contributed by atoms with Gasteiger partial charge in [0, 0.05) is 30.9 Å². The number of carbonyl (C=O) groups is 1. The quantitative estimate of drug-likeness (QED) is 0.611. The maximum Gasteiger partial charge on any atom is 0.255 e. The molecule has 3 aromatic rings. The number of rotatable bonds is 2. The lowest BCUT2D eigenvalue weighted by Gasteiger charge is -2.37. The molecule has 7 nitrogen and oxygen atoms in total. The summed E-state index contributed by atoms with van der Waals surface area (Å²) in [6.07, 6.45) is 3.86. The second kappa shape index (κ2) is 7.05. The van der Waals surface area contributed by atoms with Crippen LogP contribution in [0.4, 0.5) is 0 Å². The van der Waals surface area contributed by atoms with Crippen molar-refractivity contribution >= 4 is 34.9 Å². The number of likely N-dealkylation sites (tertiary alicyclic amines) is 1. The maximum atomic E-state index is 13.0. The molecule has 1 amide bonds. The molecule has 4 rings (SSSR count). The molecule has 9 heteroatoms. The Morgan fingerprint density at radius 2 is 2.07 bits per heavy atom. The molecule has 1 saturated heterocycles. The van der Waals surface area contributed by atoms with E-state index in [1.807, 2.05) is 17.9 Å². The van der Waals surface area contributed by atoms with Crippen molar-refractivity contribution in [3.8, 4) is 0 Å². The number of piperidine rings is 1. The Hall–Kier alpha value is -2.25. The fourth-order valence-electron chi connectivity index (χ4n) is 3.58. The predicted molar refractivity (Wildman–Crippen MR) is 102 cm³/mol. The van der Waals surface area contributed by atoms with Crippen LogP contribution in [0.3, 0.4) is 0 Å². The highest BCUT2D eigenvalue weighted by Crippen LogP contribution is 2.33. The van der Waals surface area contributed by atoms with Gasteiger partial charge in [-0.05, 0) is 31.4 Å². The van der Waals surface area contributed by atoms with Crippen molar-refractivity contribution in [1.29, 1.82) is 0 Å². The van der Waals surface area contributed by atoms with Gasteiger partial charge in [0.1, 0.15) is 11.5 Å². The largest absolute Gasteiger partial charge is 0.338 e. The van der Waals surface area contributed by atoms with Gasteiger partial charge in [-0.1, -0.05) is 30.1 Å². The summed E-state index contributed by atoms with van der Waals surface area (Å²) in [7, 11) is 0. The average molecular weight is 405 g/mol. The summed E-state index contributed by atoms with van der Waals surface area (Å²) in [6.45, 7) is 5.40. The molecule has 0 aromatic carbocycles. The number of fused-ring (bicyclic) bond motifs is 1. The first-order chi connectivity index (χ1) is 12.9. The van der Waals surface area contributed by atoms with Crippen molar-refractivity contribution in [2.75, 3.05) is 13.1 Å². The molecule has 1 aliphatic rings. The summed E-state index contributed by atoms with van der Waals surface area (Å²) in [5.41, 5.74) is 2.34. The number of hydrogen-bond donors (Lipinski definition) is 0. The Kier molecular flexibility index (Phi) is 4.74. The lowest BCUT2D eigenvalue weighted by molar-refractivity contribution is 0.0665. The molecular weight excluding hydrogens is 387 g/mol. The second-order valence-electron chi connectivity index (χ2n) is 6.91. The van der Waals surface area contributed by atoms with E-state index in [1.54, 1.807) is 10.6 Å². The third-order valence-electron chi connectivity index (χ3n) is 5.08. The number of halogens is 2. The van der Waals surface area contributed by atoms with Gasteiger partial charge in [0.2, 0.25) is 0 Å². The normalized spacial score (nSPS) is 20.2. The van der Waals surface area contributed by atoms with Crippen LogP contribution < -0.4 is 0 Å². The van der Waals surface area contributed by atoms with Crippen LogP contribution in [0.5, 0.6) is 0 Å². The van der Waals surface area contributed by atoms with E-state index in [2.05, 4.69) is 27.0 Å². The van der Waals surface area contributed by atoms with E-state index in [-0.39, 0.29) is 22.0 Å². The Morgan fingerprint density at radius 3 is 2.85 bits per heavy atom. The van der Waals surface area contributed by atoms with Gasteiger partial charge in [-0.3, -0.25) is 4.79 Å². The van der Waals surface area contributed by atoms with Crippen LogP contribution in [0.25, 0.3) is 5.78 Å². The number of pyridine rings is 1. The molecule has 0 N–H and O–H groups in total. The van der Waals surface area contributed by atoms with Crippen LogP contribution >= 0.6 is 23.2 Å². The number of aromatic nitrogens is 5. The predicted octanol–water partition coefficient (Wildman–Crippen LogP) is 3.40. The monoisotopic (exact) mass is 404 g/mol. The summed E-state index contributed by atoms with van der Waals surface area (Å²) < 4.78 is 1.77. The molecule has 2 atom stereocenters. The molecule has 1 aliphatic heterocycles. The van der Waals surface area contributed by atoms with Crippen molar-refractivity contribution in [2.24, 2.45) is 5.92 Å². The maximum absolute atomic E-state index is 13.0. The van der Waals surface area contributed by atoms with Gasteiger partial charge in [-0.15, -0.1) is 0 Å². The highest BCUT2D eigenvalue weighted by atomic mass is 35.5. The zero-order chi connectivity index (χ0) is 19.1. The average Bonchev–Trinajstić information content (AvgIpc) is 3.11. The second-order valence-corrected chi connectivity index (χ2v) is 7.68. The highest BCUT2D eigenvalue weighted by molar-refractivity contribution is 6.41. The minimum Gasteiger partial charge on any atom is -0.338 e. The minimum atomic E-state index is -0.0985. The third-order valence-corrected chi connectivity index (χ3v) is 5.76. The first-order valence-electron chi connectivity index (χ1n) is 8.71. The van der Waals surface area contributed by atoms with Crippen LogP contribution in [-0.2, 0) is 0 Å². The standard InChI is InChI=1S/C18H18Cl2N6O/c1-10-3-4-25(17(27)12-6-14(19)16(20)21-7-12)8-13(10)15-5-11(2)24-18-22-9-23-26(15)18/h5-7,9-10,13H,3-4,8H2,1-2H3/t10-,13-/m1/s1. The molecule has 0 spiro atoms. The fraction of sp³-hybridized carbons (Fsp3) is 0.389. The molecule has 0 unspecified atom stereocenters. The van der Waals surface area contributed by atoms with Crippen molar-refractivity contribution in [3.05, 3.63) is 51.8 Å². The summed E-state index contributed by atoms with van der Waals surface area (Å²) in [5.74, 6) is 1.01. The third kappa shape index (κ3) is 3.37. The lowest BCUT2D eigenvalue weighted by atomic mass is 9.84. The smallest absolute Gasteiger partial charge is 0.255 e. The Balaban J connectivity index is 1.65. The van der Waals surface area contributed by atoms with Crippen molar-refractivity contribution in [3.63, 3.8) is 0 Å². The highest BCUT2D eigenvalue weighted by Gasteiger charge is 2.32. The van der Waals surface area contributed by atoms with E-state index < -0.39 is 0 Å². The number of carbonyl (C=O) groups excluding carboxylic acids is 1. The molecule has 140 valence electrons. The van der Waals surface area contributed by atoms with Crippen molar-refractivity contribution in [2.45, 2.75) is 26.2 Å². The van der Waals surface area contributed by atoms with Crippen molar-refractivity contribution in [1.82, 2.24) is 29.5 Å². The Labute approximate surface area is 166 Å². The van der Waals surface area contributed by atoms with Gasteiger partial charge in [-0.2, -0.15) is 10.1 Å². The van der Waals surface area contributed by atoms with Crippen molar-refractivity contribution < 1.29 is 4.79 Å². The van der Waals surface area contributed by atoms with Gasteiger partial charge >= 0.3 is 0 Å². The summed E-state index contributed by atoms with van der Waals surface area (Å²) in [5, 5.41) is 4.79. The lowest BCUT2D eigenvalue weighted by Crippen LogP contribution is -2.42. The van der Waals surface area contributed by atoms with Crippen LogP contribution in [0.1, 0.15) is 41.0 Å². The topological polar surface area (TPSA) is 76.3 Å². The van der Waals surface area contributed by atoms with E-state index in [1.165, 1.54) is 12.5 Å². The van der Waals surface area contributed by atoms with E-state index in [0.717, 1.165) is 17.8 Å². The van der Waals surface area contributed by atoms with E-state index >= 15 is 0 Å². The van der Waals surface area contributed by atoms with Gasteiger partial charge in [0.15, 0.2) is 0 Å². The number of nitrogens with zero attached hydrogens (tertiary/aromatic N) is 6. The fourth-order valence-corrected chi connectivity index (χ4v) is 3.85. The zero-order valence-electron chi connectivity index (χ0n) is 14.9. The molecule has 1 fully saturated rings. The molecule has 3 aromatic heterocycles. The van der Waals surface area contributed by atoms with Gasteiger partial charge in [0.05, 0.1) is 16.3 Å². The minimum absolute atomic E-state index is 0.0985. The first kappa shape index (κ1) is 18.1. The molecule has 0 aliphatic carbocycles. The molecule has 0 bridgehead atoms. The Morgan fingerprint density at radius 1 is 1.26 bits per heavy atom. The van der Waals surface area contributed by atoms with Gasteiger partial charge in [-0.25, -0.2) is 14.5 Å². The SMILES string of the molecule is Cc1cc([C@@H]2CN(C(=O)c3cnc(Cl)c(Cl)c3)CC[C@H]2C)n2ncnc2n1. The first-order valence-corrected chi connectivity index (χ1v) is 9.47. The summed E-state index contributed by atoms with van der Waals surface area (Å²) in [6, 6.07) is 3.59. The van der Waals surface area contributed by atoms with E-state index in [0.29, 0.717) is 30.3 Å². The van der Waals surface area contributed by atoms with E-state index in [9.17, 15) is 4.79 Å². The zero-order valence-corrected chi connectivity index (χ0v) is 16.4. The van der Waals surface area contributed by atoms with Crippen LogP contribution in [0.15, 0.2) is 24.7 Å².